The van der Waals surface area contributed by atoms with Crippen molar-refractivity contribution in [1.82, 2.24) is 10.6 Å². The average molecular weight is 405 g/mol. The van der Waals surface area contributed by atoms with Crippen LogP contribution < -0.4 is 10.6 Å². The Morgan fingerprint density at radius 3 is 2.17 bits per heavy atom. The molecule has 2 N–H and O–H groups in total. The highest BCUT2D eigenvalue weighted by molar-refractivity contribution is 5.84. The molecule has 0 spiro atoms. The molecular weight excluding hydrogens is 368 g/mol. The van der Waals surface area contributed by atoms with Crippen LogP contribution in [0.25, 0.3) is 0 Å². The van der Waals surface area contributed by atoms with Crippen molar-refractivity contribution >= 4 is 17.8 Å². The van der Waals surface area contributed by atoms with E-state index < -0.39 is 5.97 Å². The molecule has 5 rings (SSSR count). The molecule has 5 fully saturated rings. The summed E-state index contributed by atoms with van der Waals surface area (Å²) >= 11 is 0. The van der Waals surface area contributed by atoms with Gasteiger partial charge in [0.15, 0.2) is 6.61 Å². The summed E-state index contributed by atoms with van der Waals surface area (Å²) in [5.74, 6) is 2.04. The predicted molar refractivity (Wildman–Crippen MR) is 109 cm³/mol. The molecule has 0 aliphatic heterocycles. The van der Waals surface area contributed by atoms with Crippen LogP contribution in [0.15, 0.2) is 0 Å². The fourth-order valence-electron chi connectivity index (χ4n) is 7.06. The molecule has 0 radical (unpaired) electrons. The third-order valence-corrected chi connectivity index (χ3v) is 7.95. The third kappa shape index (κ3) is 5.13. The summed E-state index contributed by atoms with van der Waals surface area (Å²) in [6.45, 7) is 1.72. The second-order valence-corrected chi connectivity index (χ2v) is 10.5. The minimum absolute atomic E-state index is 0.0515. The lowest BCUT2D eigenvalue weighted by Gasteiger charge is -2.56. The number of nitrogens with one attached hydrogen (secondary N) is 2. The van der Waals surface area contributed by atoms with Crippen molar-refractivity contribution in [2.45, 2.75) is 83.6 Å². The van der Waals surface area contributed by atoms with E-state index >= 15 is 0 Å². The number of amides is 2. The Labute approximate surface area is 173 Å². The molecule has 0 saturated heterocycles. The van der Waals surface area contributed by atoms with Gasteiger partial charge in [0.05, 0.1) is 0 Å². The first-order chi connectivity index (χ1) is 13.9. The third-order valence-electron chi connectivity index (χ3n) is 7.95. The van der Waals surface area contributed by atoms with Gasteiger partial charge in [-0.15, -0.1) is 0 Å². The highest BCUT2D eigenvalue weighted by atomic mass is 16.5. The van der Waals surface area contributed by atoms with Crippen molar-refractivity contribution in [2.24, 2.45) is 29.1 Å². The minimum atomic E-state index is -0.546. The van der Waals surface area contributed by atoms with Gasteiger partial charge in [-0.25, -0.2) is 0 Å². The summed E-state index contributed by atoms with van der Waals surface area (Å²) in [6.07, 6.45) is 12.6. The van der Waals surface area contributed by atoms with Gasteiger partial charge in [0.25, 0.3) is 5.91 Å². The molecule has 0 aromatic carbocycles. The Hall–Kier alpha value is -1.59. The molecule has 5 saturated carbocycles. The van der Waals surface area contributed by atoms with Crippen LogP contribution in [0.2, 0.25) is 0 Å². The van der Waals surface area contributed by atoms with Crippen LogP contribution >= 0.6 is 0 Å². The Balaban J connectivity index is 1.14. The smallest absolute Gasteiger partial charge is 0.325 e. The van der Waals surface area contributed by atoms with E-state index in [2.05, 4.69) is 17.6 Å². The van der Waals surface area contributed by atoms with Crippen molar-refractivity contribution in [1.29, 1.82) is 0 Å². The Kier molecular flexibility index (Phi) is 6.16. The number of hydrogen-bond acceptors (Lipinski definition) is 4. The summed E-state index contributed by atoms with van der Waals surface area (Å²) in [6, 6.07) is 0.176. The Morgan fingerprint density at radius 2 is 1.55 bits per heavy atom. The Bertz CT molecular complexity index is 612. The van der Waals surface area contributed by atoms with Crippen molar-refractivity contribution in [3.05, 3.63) is 0 Å². The monoisotopic (exact) mass is 404 g/mol. The van der Waals surface area contributed by atoms with Crippen LogP contribution in [0.3, 0.4) is 0 Å². The SMILES string of the molecule is C[C@H]1CCCC[C@@H]1NC(=O)COC(=O)CNC(=O)CC12CC3CC(CC(C3)C1)C2. The van der Waals surface area contributed by atoms with Crippen LogP contribution in [0, 0.1) is 29.1 Å². The van der Waals surface area contributed by atoms with Crippen molar-refractivity contribution in [3.63, 3.8) is 0 Å². The largest absolute Gasteiger partial charge is 0.454 e. The van der Waals surface area contributed by atoms with Gasteiger partial charge in [0.1, 0.15) is 6.54 Å². The van der Waals surface area contributed by atoms with Crippen molar-refractivity contribution in [2.75, 3.05) is 13.2 Å². The molecule has 2 atom stereocenters. The molecule has 5 aliphatic rings. The van der Waals surface area contributed by atoms with E-state index in [9.17, 15) is 14.4 Å². The van der Waals surface area contributed by atoms with Crippen LogP contribution in [0.1, 0.15) is 77.6 Å². The van der Waals surface area contributed by atoms with Gasteiger partial charge in [-0.3, -0.25) is 14.4 Å². The maximum Gasteiger partial charge on any atom is 0.325 e. The second kappa shape index (κ2) is 8.65. The second-order valence-electron chi connectivity index (χ2n) is 10.5. The molecule has 29 heavy (non-hydrogen) atoms. The molecule has 4 bridgehead atoms. The molecule has 0 unspecified atom stereocenters. The maximum absolute atomic E-state index is 12.5. The topological polar surface area (TPSA) is 84.5 Å². The first kappa shape index (κ1) is 20.7. The molecule has 6 heteroatoms. The molecule has 0 aromatic rings. The lowest BCUT2D eigenvalue weighted by atomic mass is 9.49. The average Bonchev–Trinajstić information content (AvgIpc) is 2.65. The van der Waals surface area contributed by atoms with Gasteiger partial charge in [-0.05, 0) is 80.5 Å². The highest BCUT2D eigenvalue weighted by Crippen LogP contribution is 2.61. The lowest BCUT2D eigenvalue weighted by molar-refractivity contribution is -0.149. The molecule has 0 aromatic heterocycles. The van der Waals surface area contributed by atoms with Crippen LogP contribution in [0.4, 0.5) is 0 Å². The van der Waals surface area contributed by atoms with Gasteiger partial charge < -0.3 is 15.4 Å². The van der Waals surface area contributed by atoms with E-state index in [0.29, 0.717) is 12.3 Å². The quantitative estimate of drug-likeness (QED) is 0.639. The van der Waals surface area contributed by atoms with Gasteiger partial charge in [0, 0.05) is 12.5 Å². The normalized spacial score (nSPS) is 37.8. The highest BCUT2D eigenvalue weighted by Gasteiger charge is 2.51. The fourth-order valence-corrected chi connectivity index (χ4v) is 7.06. The van der Waals surface area contributed by atoms with Gasteiger partial charge >= 0.3 is 5.97 Å². The van der Waals surface area contributed by atoms with Gasteiger partial charge in [0.2, 0.25) is 5.91 Å². The fraction of sp³-hybridized carbons (Fsp3) is 0.870. The molecular formula is C23H36N2O4. The molecule has 162 valence electrons. The zero-order valence-electron chi connectivity index (χ0n) is 17.7. The van der Waals surface area contributed by atoms with E-state index in [1.807, 2.05) is 0 Å². The maximum atomic E-state index is 12.5. The van der Waals surface area contributed by atoms with E-state index in [0.717, 1.165) is 37.0 Å². The standard InChI is InChI=1S/C23H36N2O4/c1-15-4-2-3-5-19(15)25-21(27)14-29-22(28)13-24-20(26)12-23-9-16-6-17(10-23)8-18(7-16)11-23/h15-19H,2-14H2,1H3,(H,24,26)(H,25,27)/t15-,16?,17?,18?,19-,23?/m0/s1. The number of esters is 1. The van der Waals surface area contributed by atoms with Gasteiger partial charge in [-0.1, -0.05) is 19.8 Å². The van der Waals surface area contributed by atoms with E-state index in [1.54, 1.807) is 0 Å². The van der Waals surface area contributed by atoms with Crippen LogP contribution in [-0.4, -0.2) is 37.0 Å². The van der Waals surface area contributed by atoms with Crippen LogP contribution in [0.5, 0.6) is 0 Å². The minimum Gasteiger partial charge on any atom is -0.454 e. The number of carbonyl (C=O) groups excluding carboxylic acids is 3. The number of rotatable bonds is 7. The lowest BCUT2D eigenvalue weighted by Crippen LogP contribution is -2.48. The summed E-state index contributed by atoms with van der Waals surface area (Å²) in [4.78, 5) is 36.5. The number of ether oxygens (including phenoxy) is 1. The van der Waals surface area contributed by atoms with Crippen molar-refractivity contribution in [3.8, 4) is 0 Å². The zero-order valence-corrected chi connectivity index (χ0v) is 17.7. The summed E-state index contributed by atoms with van der Waals surface area (Å²) in [7, 11) is 0. The molecule has 0 heterocycles. The summed E-state index contributed by atoms with van der Waals surface area (Å²) in [5, 5.41) is 5.70. The van der Waals surface area contributed by atoms with Gasteiger partial charge in [-0.2, -0.15) is 0 Å². The van der Waals surface area contributed by atoms with Crippen LogP contribution in [-0.2, 0) is 19.1 Å². The molecule has 6 nitrogen and oxygen atoms in total. The van der Waals surface area contributed by atoms with E-state index in [1.165, 1.54) is 44.9 Å². The number of hydrogen-bond donors (Lipinski definition) is 2. The number of carbonyl (C=O) groups is 3. The zero-order chi connectivity index (χ0) is 20.4. The van der Waals surface area contributed by atoms with Crippen molar-refractivity contribution < 1.29 is 19.1 Å². The predicted octanol–water partition coefficient (Wildman–Crippen LogP) is 2.95. The summed E-state index contributed by atoms with van der Waals surface area (Å²) in [5.41, 5.74) is 0.166. The first-order valence-corrected chi connectivity index (χ1v) is 11.6. The molecule has 2 amide bonds. The van der Waals surface area contributed by atoms with E-state index in [-0.39, 0.29) is 36.4 Å². The summed E-state index contributed by atoms with van der Waals surface area (Å²) < 4.78 is 5.06. The first-order valence-electron chi connectivity index (χ1n) is 11.6. The van der Waals surface area contributed by atoms with E-state index in [4.69, 9.17) is 4.74 Å². The Morgan fingerprint density at radius 1 is 0.931 bits per heavy atom. The molecule has 5 aliphatic carbocycles.